The van der Waals surface area contributed by atoms with E-state index in [0.717, 1.165) is 41.0 Å². The molecule has 0 atom stereocenters. The number of ketones is 1. The number of Topliss-reactive ketones (excluding diaryl/α,β-unsaturated/α-hetero) is 1. The average molecular weight is 492 g/mol. The molecule has 37 heavy (non-hydrogen) atoms. The molecule has 188 valence electrons. The van der Waals surface area contributed by atoms with E-state index in [9.17, 15) is 10.1 Å². The predicted molar refractivity (Wildman–Crippen MR) is 148 cm³/mol. The molecule has 0 bridgehead atoms. The monoisotopic (exact) mass is 491 g/mol. The van der Waals surface area contributed by atoms with Crippen molar-refractivity contribution >= 4 is 17.9 Å². The van der Waals surface area contributed by atoms with Crippen LogP contribution in [-0.2, 0) is 10.2 Å². The fourth-order valence-corrected chi connectivity index (χ4v) is 4.58. The number of hydrogen-bond donors (Lipinski definition) is 0. The second-order valence-electron chi connectivity index (χ2n) is 9.42. The lowest BCUT2D eigenvalue weighted by Gasteiger charge is -2.33. The molecule has 3 aromatic carbocycles. The normalized spacial score (nSPS) is 19.5. The summed E-state index contributed by atoms with van der Waals surface area (Å²) < 4.78 is 11.4. The van der Waals surface area contributed by atoms with Crippen LogP contribution < -0.4 is 9.47 Å². The highest BCUT2D eigenvalue weighted by molar-refractivity contribution is 6.14. The van der Waals surface area contributed by atoms with Crippen LogP contribution in [0.25, 0.3) is 12.2 Å². The Morgan fingerprint density at radius 1 is 0.757 bits per heavy atom. The molecule has 1 fully saturated rings. The summed E-state index contributed by atoms with van der Waals surface area (Å²) in [5, 5.41) is 10.4. The zero-order valence-corrected chi connectivity index (χ0v) is 21.6. The topological polar surface area (TPSA) is 59.3 Å². The van der Waals surface area contributed by atoms with Crippen LogP contribution in [0.2, 0.25) is 0 Å². The number of allylic oxidation sites excluding steroid dienone is 2. The van der Waals surface area contributed by atoms with Crippen LogP contribution in [0.5, 0.6) is 11.5 Å². The maximum Gasteiger partial charge on any atom is 0.185 e. The minimum absolute atomic E-state index is 0.0144. The van der Waals surface area contributed by atoms with Gasteiger partial charge in [0.2, 0.25) is 0 Å². The maximum atomic E-state index is 13.7. The van der Waals surface area contributed by atoms with Crippen molar-refractivity contribution in [2.24, 2.45) is 0 Å². The molecule has 0 amide bonds. The number of benzene rings is 3. The number of ether oxygens (including phenoxy) is 2. The summed E-state index contributed by atoms with van der Waals surface area (Å²) in [6.45, 7) is 5.48. The molecule has 0 heterocycles. The minimum atomic E-state index is -0.818. The largest absolute Gasteiger partial charge is 0.494 e. The molecule has 4 rings (SSSR count). The van der Waals surface area contributed by atoms with Crippen molar-refractivity contribution < 1.29 is 14.3 Å². The highest BCUT2D eigenvalue weighted by Gasteiger charge is 2.41. The van der Waals surface area contributed by atoms with E-state index in [1.807, 2.05) is 91.0 Å². The summed E-state index contributed by atoms with van der Waals surface area (Å²) in [6.07, 6.45) is 6.44. The molecule has 1 aliphatic rings. The molecule has 0 radical (unpaired) electrons. The number of rotatable bonds is 9. The zero-order chi connectivity index (χ0) is 26.1. The maximum absolute atomic E-state index is 13.7. The minimum Gasteiger partial charge on any atom is -0.494 e. The Hall–Kier alpha value is -4.10. The van der Waals surface area contributed by atoms with Gasteiger partial charge in [0.25, 0.3) is 0 Å². The van der Waals surface area contributed by atoms with E-state index >= 15 is 0 Å². The van der Waals surface area contributed by atoms with Crippen molar-refractivity contribution in [3.63, 3.8) is 0 Å². The van der Waals surface area contributed by atoms with Gasteiger partial charge < -0.3 is 9.47 Å². The molecule has 3 aromatic rings. The van der Waals surface area contributed by atoms with E-state index in [-0.39, 0.29) is 5.78 Å². The fraction of sp³-hybridized carbons (Fsp3) is 0.273. The third-order valence-electron chi connectivity index (χ3n) is 6.50. The van der Waals surface area contributed by atoms with Crippen molar-refractivity contribution in [2.75, 3.05) is 13.2 Å². The van der Waals surface area contributed by atoms with Crippen molar-refractivity contribution in [1.82, 2.24) is 0 Å². The molecule has 0 aliphatic heterocycles. The van der Waals surface area contributed by atoms with Crippen LogP contribution >= 0.6 is 0 Å². The summed E-state index contributed by atoms with van der Waals surface area (Å²) in [6, 6.07) is 27.9. The third-order valence-corrected chi connectivity index (χ3v) is 6.50. The lowest BCUT2D eigenvalue weighted by molar-refractivity contribution is -0.113. The van der Waals surface area contributed by atoms with Gasteiger partial charge in [-0.1, -0.05) is 68.4 Å². The van der Waals surface area contributed by atoms with Crippen LogP contribution in [0.4, 0.5) is 0 Å². The Balaban J connectivity index is 1.71. The van der Waals surface area contributed by atoms with E-state index in [2.05, 4.69) is 19.9 Å². The van der Waals surface area contributed by atoms with E-state index in [4.69, 9.17) is 9.47 Å². The first-order chi connectivity index (χ1) is 18.1. The number of nitrogens with zero attached hydrogens (tertiary/aromatic N) is 1. The standard InChI is InChI=1S/C33H33NO3/c1-3-18-36-30-14-10-25(11-15-30)20-27-22-33(24-34,29-8-6-5-7-9-29)23-28(32(27)35)21-26-12-16-31(17-13-26)37-19-4-2/h5-17,20-21H,3-4,18-19,22-23H2,1-2H3. The number of carbonyl (C=O) groups is 1. The van der Waals surface area contributed by atoms with Gasteiger partial charge in [0.15, 0.2) is 5.78 Å². The molecular formula is C33H33NO3. The predicted octanol–water partition coefficient (Wildman–Crippen LogP) is 7.56. The van der Waals surface area contributed by atoms with Crippen molar-refractivity contribution in [3.05, 3.63) is 107 Å². The first kappa shape index (κ1) is 26.0. The summed E-state index contributed by atoms with van der Waals surface area (Å²) in [5.74, 6) is 1.60. The second-order valence-corrected chi connectivity index (χ2v) is 9.42. The van der Waals surface area contributed by atoms with Crippen molar-refractivity contribution in [3.8, 4) is 17.6 Å². The molecule has 0 spiro atoms. The van der Waals surface area contributed by atoms with Crippen LogP contribution in [0.15, 0.2) is 90.0 Å². The molecular weight excluding hydrogens is 458 g/mol. The molecule has 0 aromatic heterocycles. The zero-order valence-electron chi connectivity index (χ0n) is 21.6. The van der Waals surface area contributed by atoms with E-state index in [0.29, 0.717) is 37.2 Å². The Morgan fingerprint density at radius 2 is 1.22 bits per heavy atom. The highest BCUT2D eigenvalue weighted by atomic mass is 16.5. The SMILES string of the molecule is CCCOc1ccc(C=C2CC(C#N)(c3ccccc3)CC(=Cc3ccc(OCCC)cc3)C2=O)cc1. The van der Waals surface area contributed by atoms with Gasteiger partial charge in [-0.25, -0.2) is 0 Å². The van der Waals surface area contributed by atoms with Gasteiger partial charge in [-0.2, -0.15) is 5.26 Å². The third kappa shape index (κ3) is 6.37. The Morgan fingerprint density at radius 3 is 1.62 bits per heavy atom. The first-order valence-corrected chi connectivity index (χ1v) is 12.9. The summed E-state index contributed by atoms with van der Waals surface area (Å²) >= 11 is 0. The lowest BCUT2D eigenvalue weighted by Crippen LogP contribution is -2.33. The lowest BCUT2D eigenvalue weighted by atomic mass is 9.66. The van der Waals surface area contributed by atoms with Crippen molar-refractivity contribution in [1.29, 1.82) is 5.26 Å². The van der Waals surface area contributed by atoms with Crippen molar-refractivity contribution in [2.45, 2.75) is 44.9 Å². The Kier molecular flexibility index (Phi) is 8.59. The summed E-state index contributed by atoms with van der Waals surface area (Å²) in [7, 11) is 0. The van der Waals surface area contributed by atoms with Gasteiger partial charge in [0.1, 0.15) is 11.5 Å². The van der Waals surface area contributed by atoms with Crippen LogP contribution in [0.1, 0.15) is 56.2 Å². The number of nitriles is 1. The average Bonchev–Trinajstić information content (AvgIpc) is 2.95. The van der Waals surface area contributed by atoms with Gasteiger partial charge in [0, 0.05) is 11.1 Å². The molecule has 0 saturated heterocycles. The molecule has 4 heteroatoms. The second kappa shape index (κ2) is 12.2. The Bertz CT molecular complexity index is 1220. The molecule has 4 nitrogen and oxygen atoms in total. The van der Waals surface area contributed by atoms with Gasteiger partial charge in [-0.3, -0.25) is 4.79 Å². The van der Waals surface area contributed by atoms with Gasteiger partial charge >= 0.3 is 0 Å². The van der Waals surface area contributed by atoms with Crippen LogP contribution in [0.3, 0.4) is 0 Å². The highest BCUT2D eigenvalue weighted by Crippen LogP contribution is 2.43. The summed E-state index contributed by atoms with van der Waals surface area (Å²) in [4.78, 5) is 13.7. The number of carbonyl (C=O) groups excluding carboxylic acids is 1. The fourth-order valence-electron chi connectivity index (χ4n) is 4.58. The van der Waals surface area contributed by atoms with Crippen LogP contribution in [-0.4, -0.2) is 19.0 Å². The quantitative estimate of drug-likeness (QED) is 0.290. The molecule has 1 saturated carbocycles. The molecule has 0 N–H and O–H groups in total. The van der Waals surface area contributed by atoms with E-state index in [1.165, 1.54) is 0 Å². The molecule has 1 aliphatic carbocycles. The smallest absolute Gasteiger partial charge is 0.185 e. The first-order valence-electron chi connectivity index (χ1n) is 12.9. The molecule has 0 unspecified atom stereocenters. The van der Waals surface area contributed by atoms with E-state index in [1.54, 1.807) is 0 Å². The van der Waals surface area contributed by atoms with Gasteiger partial charge in [-0.15, -0.1) is 0 Å². The van der Waals surface area contributed by atoms with Crippen LogP contribution in [0, 0.1) is 11.3 Å². The van der Waals surface area contributed by atoms with E-state index < -0.39 is 5.41 Å². The Labute approximate surface area is 219 Å². The summed E-state index contributed by atoms with van der Waals surface area (Å²) in [5.41, 5.74) is 3.19. The van der Waals surface area contributed by atoms with Gasteiger partial charge in [0.05, 0.1) is 24.7 Å². The van der Waals surface area contributed by atoms with Gasteiger partial charge in [-0.05, 0) is 78.8 Å². The number of hydrogen-bond acceptors (Lipinski definition) is 4.